The Morgan fingerprint density at radius 3 is 2.50 bits per heavy atom. The molecule has 0 aliphatic rings. The highest BCUT2D eigenvalue weighted by Crippen LogP contribution is 2.20. The highest BCUT2D eigenvalue weighted by molar-refractivity contribution is 5.79. The molecule has 4 aromatic rings. The fourth-order valence-electron chi connectivity index (χ4n) is 2.67. The number of rotatable bonds is 5. The summed E-state index contributed by atoms with van der Waals surface area (Å²) < 4.78 is 26.5. The first-order valence-electron chi connectivity index (χ1n) is 7.93. The molecule has 4 heterocycles. The maximum atomic E-state index is 13.4. The number of hydrogen-bond acceptors (Lipinski definition) is 5. The van der Waals surface area contributed by atoms with E-state index >= 15 is 0 Å². The molecule has 0 aliphatic heterocycles. The van der Waals surface area contributed by atoms with Crippen LogP contribution in [-0.2, 0) is 13.0 Å². The third kappa shape index (κ3) is 3.49. The molecule has 0 aromatic carbocycles. The van der Waals surface area contributed by atoms with E-state index in [0.29, 0.717) is 30.1 Å². The van der Waals surface area contributed by atoms with Gasteiger partial charge in [0, 0.05) is 43.1 Å². The first kappa shape index (κ1) is 16.1. The minimum Gasteiger partial charge on any atom is -0.350 e. The number of nitrogens with zero attached hydrogens (tertiary/aromatic N) is 4. The second kappa shape index (κ2) is 6.83. The summed E-state index contributed by atoms with van der Waals surface area (Å²) >= 11 is 0. The summed E-state index contributed by atoms with van der Waals surface area (Å²) in [4.78, 5) is 19.3. The van der Waals surface area contributed by atoms with Crippen LogP contribution in [-0.4, -0.2) is 24.9 Å². The van der Waals surface area contributed by atoms with Crippen LogP contribution in [0.15, 0.2) is 49.3 Å². The van der Waals surface area contributed by atoms with E-state index in [1.807, 2.05) is 0 Å². The minimum atomic E-state index is -0.384. The number of aromatic amines is 1. The monoisotopic (exact) mass is 352 g/mol. The Hall–Kier alpha value is -3.42. The van der Waals surface area contributed by atoms with Crippen molar-refractivity contribution in [2.75, 3.05) is 5.32 Å². The van der Waals surface area contributed by atoms with Gasteiger partial charge in [0.1, 0.15) is 17.3 Å². The Balaban J connectivity index is 1.44. The first-order valence-corrected chi connectivity index (χ1v) is 7.93. The fraction of sp³-hybridized carbons (Fsp3) is 0.111. The molecule has 6 nitrogen and oxygen atoms in total. The molecule has 0 spiro atoms. The van der Waals surface area contributed by atoms with Gasteiger partial charge < -0.3 is 10.3 Å². The number of H-pyrrole nitrogens is 1. The second-order valence-electron chi connectivity index (χ2n) is 5.82. The molecular formula is C18H14F2N6. The van der Waals surface area contributed by atoms with Crippen molar-refractivity contribution in [3.8, 4) is 0 Å². The topological polar surface area (TPSA) is 79.4 Å². The maximum absolute atomic E-state index is 13.4. The van der Waals surface area contributed by atoms with Crippen molar-refractivity contribution in [2.45, 2.75) is 13.0 Å². The smallest absolute Gasteiger partial charge is 0.222 e. The Bertz CT molecular complexity index is 1050. The molecule has 0 atom stereocenters. The normalized spacial score (nSPS) is 11.0. The summed E-state index contributed by atoms with van der Waals surface area (Å²) in [6, 6.07) is 2.86. The van der Waals surface area contributed by atoms with E-state index in [4.69, 9.17) is 0 Å². The van der Waals surface area contributed by atoms with Gasteiger partial charge in [-0.1, -0.05) is 0 Å². The molecule has 2 N–H and O–H groups in total. The van der Waals surface area contributed by atoms with E-state index < -0.39 is 0 Å². The fourth-order valence-corrected chi connectivity index (χ4v) is 2.67. The third-order valence-corrected chi connectivity index (χ3v) is 3.90. The number of halogens is 2. The van der Waals surface area contributed by atoms with E-state index in [1.165, 1.54) is 18.3 Å². The lowest BCUT2D eigenvalue weighted by Crippen LogP contribution is -2.04. The Morgan fingerprint density at radius 1 is 0.885 bits per heavy atom. The number of pyridine rings is 2. The van der Waals surface area contributed by atoms with E-state index in [9.17, 15) is 8.78 Å². The molecule has 4 aromatic heterocycles. The van der Waals surface area contributed by atoms with Gasteiger partial charge in [-0.2, -0.15) is 0 Å². The largest absolute Gasteiger partial charge is 0.350 e. The van der Waals surface area contributed by atoms with Gasteiger partial charge in [-0.15, -0.1) is 0 Å². The van der Waals surface area contributed by atoms with Crippen molar-refractivity contribution in [2.24, 2.45) is 0 Å². The SMILES string of the molecule is Fc1cncc(CNc2ncc(Cc3c[nH]c4ncc(F)cc34)cn2)c1. The number of hydrogen-bond donors (Lipinski definition) is 2. The van der Waals surface area contributed by atoms with E-state index in [0.717, 1.165) is 22.7 Å². The summed E-state index contributed by atoms with van der Waals surface area (Å²) in [6.45, 7) is 0.373. The standard InChI is InChI=1S/C18H14F2N6/c19-14-2-12(4-21-9-14)7-26-18-24-5-11(6-25-18)1-13-8-22-17-16(13)3-15(20)10-23-17/h2-6,8-10H,1,7H2,(H,22,23)(H,24,25,26). The third-order valence-electron chi connectivity index (χ3n) is 3.90. The average Bonchev–Trinajstić information content (AvgIpc) is 3.03. The molecule has 0 amide bonds. The van der Waals surface area contributed by atoms with Crippen molar-refractivity contribution in [1.82, 2.24) is 24.9 Å². The van der Waals surface area contributed by atoms with Crippen LogP contribution in [0.4, 0.5) is 14.7 Å². The van der Waals surface area contributed by atoms with E-state index in [2.05, 4.69) is 30.2 Å². The summed E-state index contributed by atoms with van der Waals surface area (Å²) in [7, 11) is 0. The number of aromatic nitrogens is 5. The molecule has 26 heavy (non-hydrogen) atoms. The van der Waals surface area contributed by atoms with E-state index in [-0.39, 0.29) is 11.6 Å². The van der Waals surface area contributed by atoms with Gasteiger partial charge >= 0.3 is 0 Å². The minimum absolute atomic E-state index is 0.373. The first-order chi connectivity index (χ1) is 12.7. The van der Waals surface area contributed by atoms with Gasteiger partial charge in [-0.3, -0.25) is 4.98 Å². The highest BCUT2D eigenvalue weighted by atomic mass is 19.1. The lowest BCUT2D eigenvalue weighted by molar-refractivity contribution is 0.619. The van der Waals surface area contributed by atoms with Crippen LogP contribution in [0.5, 0.6) is 0 Å². The number of anilines is 1. The van der Waals surface area contributed by atoms with E-state index in [1.54, 1.807) is 24.8 Å². The molecule has 0 saturated carbocycles. The lowest BCUT2D eigenvalue weighted by atomic mass is 10.1. The van der Waals surface area contributed by atoms with Gasteiger partial charge in [0.2, 0.25) is 5.95 Å². The van der Waals surface area contributed by atoms with Crippen LogP contribution in [0, 0.1) is 11.6 Å². The summed E-state index contributed by atoms with van der Waals surface area (Å²) in [5, 5.41) is 3.76. The Kier molecular flexibility index (Phi) is 4.22. The molecule has 4 rings (SSSR count). The average molecular weight is 352 g/mol. The highest BCUT2D eigenvalue weighted by Gasteiger charge is 2.08. The second-order valence-corrected chi connectivity index (χ2v) is 5.82. The van der Waals surface area contributed by atoms with Crippen molar-refractivity contribution < 1.29 is 8.78 Å². The number of fused-ring (bicyclic) bond motifs is 1. The Morgan fingerprint density at radius 2 is 1.69 bits per heavy atom. The molecule has 0 bridgehead atoms. The van der Waals surface area contributed by atoms with Crippen molar-refractivity contribution in [3.63, 3.8) is 0 Å². The molecule has 0 fully saturated rings. The molecule has 0 unspecified atom stereocenters. The molecule has 0 radical (unpaired) electrons. The zero-order valence-electron chi connectivity index (χ0n) is 13.6. The van der Waals surface area contributed by atoms with Crippen LogP contribution < -0.4 is 5.32 Å². The Labute approximate surface area is 147 Å². The van der Waals surface area contributed by atoms with Gasteiger partial charge in [0.25, 0.3) is 0 Å². The van der Waals surface area contributed by atoms with Crippen LogP contribution in [0.25, 0.3) is 11.0 Å². The lowest BCUT2D eigenvalue weighted by Gasteiger charge is -2.05. The van der Waals surface area contributed by atoms with Crippen LogP contribution in [0.3, 0.4) is 0 Å². The molecule has 0 aliphatic carbocycles. The zero-order valence-corrected chi connectivity index (χ0v) is 13.6. The van der Waals surface area contributed by atoms with Crippen LogP contribution in [0.1, 0.15) is 16.7 Å². The maximum Gasteiger partial charge on any atom is 0.222 e. The van der Waals surface area contributed by atoms with Crippen molar-refractivity contribution >= 4 is 17.0 Å². The molecule has 130 valence electrons. The summed E-state index contributed by atoms with van der Waals surface area (Å²) in [6.07, 6.45) is 9.67. The summed E-state index contributed by atoms with van der Waals surface area (Å²) in [5.74, 6) is -0.323. The molecular weight excluding hydrogens is 338 g/mol. The van der Waals surface area contributed by atoms with Crippen LogP contribution >= 0.6 is 0 Å². The number of nitrogens with one attached hydrogen (secondary N) is 2. The summed E-state index contributed by atoms with van der Waals surface area (Å²) in [5.41, 5.74) is 3.14. The van der Waals surface area contributed by atoms with Gasteiger partial charge in [-0.25, -0.2) is 23.7 Å². The predicted octanol–water partition coefficient (Wildman–Crippen LogP) is 3.23. The zero-order chi connectivity index (χ0) is 17.9. The van der Waals surface area contributed by atoms with Gasteiger partial charge in [0.05, 0.1) is 12.4 Å². The van der Waals surface area contributed by atoms with Gasteiger partial charge in [0.15, 0.2) is 0 Å². The predicted molar refractivity (Wildman–Crippen MR) is 92.4 cm³/mol. The molecule has 8 heteroatoms. The van der Waals surface area contributed by atoms with Crippen LogP contribution in [0.2, 0.25) is 0 Å². The quantitative estimate of drug-likeness (QED) is 0.576. The molecule has 0 saturated heterocycles. The van der Waals surface area contributed by atoms with Crippen molar-refractivity contribution in [3.05, 3.63) is 77.6 Å². The van der Waals surface area contributed by atoms with Crippen molar-refractivity contribution in [1.29, 1.82) is 0 Å². The van der Waals surface area contributed by atoms with Gasteiger partial charge in [-0.05, 0) is 28.8 Å².